The van der Waals surface area contributed by atoms with Crippen molar-refractivity contribution in [3.8, 4) is 0 Å². The first-order valence-electron chi connectivity index (χ1n) is 8.72. The topological polar surface area (TPSA) is 110 Å². The molecule has 0 aliphatic heterocycles. The van der Waals surface area contributed by atoms with Gasteiger partial charge in [-0.25, -0.2) is 8.42 Å². The predicted molar refractivity (Wildman–Crippen MR) is 108 cm³/mol. The summed E-state index contributed by atoms with van der Waals surface area (Å²) >= 11 is 0. The van der Waals surface area contributed by atoms with Crippen LogP contribution in [0.4, 0.5) is 11.4 Å². The smallest absolute Gasteiger partial charge is 0.273 e. The van der Waals surface area contributed by atoms with Crippen molar-refractivity contribution in [3.05, 3.63) is 69.3 Å². The van der Waals surface area contributed by atoms with Crippen LogP contribution in [0.1, 0.15) is 23.6 Å². The van der Waals surface area contributed by atoms with Crippen LogP contribution in [0.25, 0.3) is 0 Å². The highest BCUT2D eigenvalue weighted by atomic mass is 32.2. The average Bonchev–Trinajstić information content (AvgIpc) is 2.62. The van der Waals surface area contributed by atoms with E-state index in [1.54, 1.807) is 13.0 Å². The van der Waals surface area contributed by atoms with Gasteiger partial charge in [-0.05, 0) is 25.0 Å². The van der Waals surface area contributed by atoms with E-state index in [2.05, 4.69) is 5.32 Å². The first-order valence-corrected chi connectivity index (χ1v) is 10.3. The number of nitrogens with zero attached hydrogens (tertiary/aromatic N) is 2. The first-order chi connectivity index (χ1) is 13.2. The number of hydrogen-bond acceptors (Lipinski definition) is 5. The van der Waals surface area contributed by atoms with Gasteiger partial charge in [-0.2, -0.15) is 4.31 Å². The molecule has 0 aliphatic carbocycles. The Kier molecular flexibility index (Phi) is 6.87. The van der Waals surface area contributed by atoms with Crippen LogP contribution in [-0.4, -0.2) is 36.6 Å². The molecule has 0 aromatic heterocycles. The summed E-state index contributed by atoms with van der Waals surface area (Å²) in [5, 5.41) is 13.9. The number of anilines is 1. The zero-order valence-electron chi connectivity index (χ0n) is 16.0. The molecule has 8 nitrogen and oxygen atoms in total. The van der Waals surface area contributed by atoms with E-state index >= 15 is 0 Å². The highest BCUT2D eigenvalue weighted by molar-refractivity contribution is 7.88. The van der Waals surface area contributed by atoms with E-state index in [0.717, 1.165) is 15.4 Å². The number of rotatable bonds is 8. The lowest BCUT2D eigenvalue weighted by Crippen LogP contribution is -2.38. The molecule has 2 aromatic carbocycles. The van der Waals surface area contributed by atoms with E-state index in [1.165, 1.54) is 18.2 Å². The Labute approximate surface area is 164 Å². The molecular formula is C19H23N3O5S. The summed E-state index contributed by atoms with van der Waals surface area (Å²) < 4.78 is 26.5. The normalized spacial score (nSPS) is 11.4. The maximum Gasteiger partial charge on any atom is 0.273 e. The lowest BCUT2D eigenvalue weighted by molar-refractivity contribution is -0.385. The van der Waals surface area contributed by atoms with Crippen molar-refractivity contribution >= 4 is 27.3 Å². The van der Waals surface area contributed by atoms with Gasteiger partial charge < -0.3 is 5.32 Å². The third kappa shape index (κ3) is 5.14. The Morgan fingerprint density at radius 2 is 1.71 bits per heavy atom. The Balaban J connectivity index is 2.18. The van der Waals surface area contributed by atoms with Gasteiger partial charge in [0.25, 0.3) is 5.69 Å². The standard InChI is InChI=1S/C19H23N3O5S/c1-4-21(12-18(23)20-19-14(2)8-7-9-15(19)3)28(26,27)13-16-10-5-6-11-17(16)22(24)25/h5-11H,4,12-13H2,1-3H3,(H,20,23). The largest absolute Gasteiger partial charge is 0.324 e. The van der Waals surface area contributed by atoms with Crippen LogP contribution in [0, 0.1) is 24.0 Å². The molecule has 2 rings (SSSR count). The molecule has 0 saturated carbocycles. The molecule has 150 valence electrons. The number of nitro benzene ring substituents is 1. The van der Waals surface area contributed by atoms with Crippen LogP contribution < -0.4 is 5.32 Å². The van der Waals surface area contributed by atoms with Crippen LogP contribution >= 0.6 is 0 Å². The molecule has 28 heavy (non-hydrogen) atoms. The lowest BCUT2D eigenvalue weighted by Gasteiger charge is -2.21. The Morgan fingerprint density at radius 3 is 2.29 bits per heavy atom. The van der Waals surface area contributed by atoms with Gasteiger partial charge in [-0.15, -0.1) is 0 Å². The minimum absolute atomic E-state index is 0.0726. The van der Waals surface area contributed by atoms with E-state index in [1.807, 2.05) is 32.0 Å². The van der Waals surface area contributed by atoms with Gasteiger partial charge in [0.1, 0.15) is 0 Å². The van der Waals surface area contributed by atoms with Crippen molar-refractivity contribution in [2.45, 2.75) is 26.5 Å². The fourth-order valence-corrected chi connectivity index (χ4v) is 4.38. The van der Waals surface area contributed by atoms with Crippen molar-refractivity contribution < 1.29 is 18.1 Å². The molecular weight excluding hydrogens is 382 g/mol. The quantitative estimate of drug-likeness (QED) is 0.536. The summed E-state index contributed by atoms with van der Waals surface area (Å²) in [5.41, 5.74) is 2.22. The Bertz CT molecular complexity index is 969. The van der Waals surface area contributed by atoms with E-state index in [4.69, 9.17) is 0 Å². The number of nitro groups is 1. The van der Waals surface area contributed by atoms with Crippen LogP contribution in [-0.2, 0) is 20.6 Å². The van der Waals surface area contributed by atoms with Crippen molar-refractivity contribution in [1.29, 1.82) is 0 Å². The maximum atomic E-state index is 12.8. The van der Waals surface area contributed by atoms with Crippen molar-refractivity contribution in [2.24, 2.45) is 0 Å². The zero-order chi connectivity index (χ0) is 20.9. The van der Waals surface area contributed by atoms with Crippen LogP contribution in [0.2, 0.25) is 0 Å². The number of nitrogens with one attached hydrogen (secondary N) is 1. The summed E-state index contributed by atoms with van der Waals surface area (Å²) in [5.74, 6) is -1.01. The van der Waals surface area contributed by atoms with Gasteiger partial charge in [-0.1, -0.05) is 43.3 Å². The second kappa shape index (κ2) is 8.94. The van der Waals surface area contributed by atoms with Gasteiger partial charge in [-0.3, -0.25) is 14.9 Å². The minimum Gasteiger partial charge on any atom is -0.324 e. The minimum atomic E-state index is -3.92. The molecule has 9 heteroatoms. The molecule has 0 unspecified atom stereocenters. The molecule has 1 N–H and O–H groups in total. The molecule has 0 radical (unpaired) electrons. The molecule has 0 spiro atoms. The SMILES string of the molecule is CCN(CC(=O)Nc1c(C)cccc1C)S(=O)(=O)Cc1ccccc1[N+](=O)[O-]. The van der Waals surface area contributed by atoms with Gasteiger partial charge in [0.15, 0.2) is 0 Å². The fourth-order valence-electron chi connectivity index (χ4n) is 2.86. The van der Waals surface area contributed by atoms with Gasteiger partial charge in [0, 0.05) is 23.9 Å². The molecule has 0 heterocycles. The number of hydrogen-bond donors (Lipinski definition) is 1. The van der Waals surface area contributed by atoms with E-state index in [9.17, 15) is 23.3 Å². The number of carbonyl (C=O) groups is 1. The predicted octanol–water partition coefficient (Wildman–Crippen LogP) is 3.00. The number of likely N-dealkylation sites (N-methyl/N-ethyl adjacent to an activating group) is 1. The number of carbonyl (C=O) groups excluding carboxylic acids is 1. The van der Waals surface area contributed by atoms with Crippen molar-refractivity contribution in [3.63, 3.8) is 0 Å². The zero-order valence-corrected chi connectivity index (χ0v) is 16.8. The van der Waals surface area contributed by atoms with Crippen molar-refractivity contribution in [2.75, 3.05) is 18.4 Å². The van der Waals surface area contributed by atoms with E-state index < -0.39 is 26.6 Å². The maximum absolute atomic E-state index is 12.8. The number of para-hydroxylation sites is 2. The molecule has 0 aliphatic rings. The number of sulfonamides is 1. The summed E-state index contributed by atoms with van der Waals surface area (Å²) in [4.78, 5) is 22.9. The molecule has 2 aromatic rings. The number of amides is 1. The summed E-state index contributed by atoms with van der Waals surface area (Å²) in [7, 11) is -3.92. The van der Waals surface area contributed by atoms with Crippen LogP contribution in [0.15, 0.2) is 42.5 Å². The average molecular weight is 405 g/mol. The van der Waals surface area contributed by atoms with Gasteiger partial charge in [0.2, 0.25) is 15.9 Å². The van der Waals surface area contributed by atoms with Crippen LogP contribution in [0.3, 0.4) is 0 Å². The highest BCUT2D eigenvalue weighted by Crippen LogP contribution is 2.22. The second-order valence-corrected chi connectivity index (χ2v) is 8.35. The van der Waals surface area contributed by atoms with Gasteiger partial charge >= 0.3 is 0 Å². The molecule has 0 fully saturated rings. The number of aryl methyl sites for hydroxylation is 2. The fraction of sp³-hybridized carbons (Fsp3) is 0.316. The Morgan fingerprint density at radius 1 is 1.11 bits per heavy atom. The Hall–Kier alpha value is -2.78. The summed E-state index contributed by atoms with van der Waals surface area (Å²) in [6.07, 6.45) is 0. The number of benzene rings is 2. The first kappa shape index (κ1) is 21.5. The van der Waals surface area contributed by atoms with Gasteiger partial charge in [0.05, 0.1) is 17.2 Å². The van der Waals surface area contributed by atoms with E-state index in [0.29, 0.717) is 5.69 Å². The molecule has 0 bridgehead atoms. The third-order valence-corrected chi connectivity index (χ3v) is 6.19. The monoisotopic (exact) mass is 405 g/mol. The van der Waals surface area contributed by atoms with Crippen LogP contribution in [0.5, 0.6) is 0 Å². The highest BCUT2D eigenvalue weighted by Gasteiger charge is 2.27. The van der Waals surface area contributed by atoms with Crippen molar-refractivity contribution in [1.82, 2.24) is 4.31 Å². The summed E-state index contributed by atoms with van der Waals surface area (Å²) in [6.45, 7) is 5.02. The lowest BCUT2D eigenvalue weighted by atomic mass is 10.1. The second-order valence-electron chi connectivity index (χ2n) is 6.38. The molecule has 0 saturated heterocycles. The molecule has 1 amide bonds. The molecule has 0 atom stereocenters. The summed E-state index contributed by atoms with van der Waals surface area (Å²) in [6, 6.07) is 11.3. The van der Waals surface area contributed by atoms with E-state index in [-0.39, 0.29) is 24.3 Å². The third-order valence-electron chi connectivity index (χ3n) is 4.34.